The van der Waals surface area contributed by atoms with E-state index in [1.807, 2.05) is 19.1 Å². The first-order valence-electron chi connectivity index (χ1n) is 11.9. The molecule has 5 N–H and O–H groups in total. The Labute approximate surface area is 220 Å². The lowest BCUT2D eigenvalue weighted by Gasteiger charge is -2.25. The normalized spacial score (nSPS) is 18.6. The lowest BCUT2D eigenvalue weighted by Crippen LogP contribution is -2.41. The molecule has 5 rings (SSSR count). The third-order valence-corrected chi connectivity index (χ3v) is 9.71. The maximum Gasteiger partial charge on any atom is 0.255 e. The molecule has 1 aliphatic carbocycles. The van der Waals surface area contributed by atoms with Crippen molar-refractivity contribution in [2.45, 2.75) is 50.9 Å². The Morgan fingerprint density at radius 3 is 2.70 bits per heavy atom. The Morgan fingerprint density at radius 1 is 1.35 bits per heavy atom. The van der Waals surface area contributed by atoms with Crippen LogP contribution in [0, 0.1) is 18.8 Å². The Balaban J connectivity index is 1.51. The molecule has 1 saturated heterocycles. The van der Waals surface area contributed by atoms with Gasteiger partial charge in [-0.2, -0.15) is 5.10 Å². The number of rotatable bonds is 5. The van der Waals surface area contributed by atoms with Crippen molar-refractivity contribution in [2.75, 3.05) is 11.9 Å². The molecule has 3 aromatic rings. The van der Waals surface area contributed by atoms with Gasteiger partial charge in [-0.3, -0.25) is 13.9 Å². The molecule has 1 radical (unpaired) electrons. The molecule has 10 nitrogen and oxygen atoms in total. The number of imidazole rings is 1. The number of carbonyl (C=O) groups excluding carboxylic acids is 2. The quantitative estimate of drug-likeness (QED) is 0.257. The molecule has 0 bridgehead atoms. The zero-order valence-electron chi connectivity index (χ0n) is 20.5. The minimum atomic E-state index is -1.61. The zero-order valence-corrected chi connectivity index (χ0v) is 22.3. The van der Waals surface area contributed by atoms with Crippen molar-refractivity contribution in [2.24, 2.45) is 5.73 Å². The van der Waals surface area contributed by atoms with E-state index in [1.165, 1.54) is 6.08 Å². The van der Waals surface area contributed by atoms with Gasteiger partial charge in [0.2, 0.25) is 14.9 Å². The maximum atomic E-state index is 12.4. The molecule has 2 aromatic heterocycles. The first-order chi connectivity index (χ1) is 17.6. The van der Waals surface area contributed by atoms with Crippen molar-refractivity contribution in [3.05, 3.63) is 52.5 Å². The van der Waals surface area contributed by atoms with E-state index in [4.69, 9.17) is 23.1 Å². The summed E-state index contributed by atoms with van der Waals surface area (Å²) in [6.45, 7) is 7.16. The van der Waals surface area contributed by atoms with Crippen LogP contribution < -0.4 is 11.5 Å². The smallest absolute Gasteiger partial charge is 0.255 e. The van der Waals surface area contributed by atoms with Gasteiger partial charge in [-0.05, 0) is 56.9 Å². The lowest BCUT2D eigenvalue weighted by atomic mass is 10.1. The number of nitrogens with zero attached hydrogens (tertiary/aromatic N) is 5. The van der Waals surface area contributed by atoms with Crippen LogP contribution in [0.3, 0.4) is 0 Å². The minimum Gasteiger partial charge on any atom is -0.391 e. The van der Waals surface area contributed by atoms with Crippen LogP contribution in [-0.2, 0) is 4.79 Å². The number of nitrogen functional groups attached to an aromatic ring is 1. The molecule has 0 spiro atoms. The number of carbonyl (C=O) groups is 2. The molecule has 1 aromatic carbocycles. The number of nitrogens with two attached hydrogens (primary N) is 2. The molecule has 37 heavy (non-hydrogen) atoms. The number of anilines is 1. The first-order valence-corrected chi connectivity index (χ1v) is 14.2. The summed E-state index contributed by atoms with van der Waals surface area (Å²) in [5, 5.41) is 15.2. The van der Waals surface area contributed by atoms with Crippen LogP contribution in [0.15, 0.2) is 24.8 Å². The van der Waals surface area contributed by atoms with Crippen molar-refractivity contribution in [1.29, 1.82) is 0 Å². The first kappa shape index (κ1) is 25.1. The summed E-state index contributed by atoms with van der Waals surface area (Å²) in [6.07, 6.45) is 3.07. The molecule has 2 amide bonds. The van der Waals surface area contributed by atoms with E-state index in [-0.39, 0.29) is 23.0 Å². The molecular weight excluding hydrogens is 510 g/mol. The third-order valence-electron chi connectivity index (χ3n) is 6.86. The summed E-state index contributed by atoms with van der Waals surface area (Å²) in [5.74, 6) is 5.93. The van der Waals surface area contributed by atoms with Crippen molar-refractivity contribution in [3.8, 4) is 11.8 Å². The number of fused-ring (bicyclic) bond motifs is 1. The number of hydrogen-bond donors (Lipinski definition) is 3. The van der Waals surface area contributed by atoms with Gasteiger partial charge in [0.05, 0.1) is 28.2 Å². The highest BCUT2D eigenvalue weighted by Crippen LogP contribution is 2.39. The average Bonchev–Trinajstić information content (AvgIpc) is 3.35. The van der Waals surface area contributed by atoms with Crippen LogP contribution in [0.5, 0.6) is 0 Å². The van der Waals surface area contributed by atoms with Crippen LogP contribution in [0.1, 0.15) is 53.2 Å². The molecule has 12 heteroatoms. The molecule has 2 fully saturated rings. The third kappa shape index (κ3) is 4.41. The molecular formula is C25H27ClN7O3Si. The summed E-state index contributed by atoms with van der Waals surface area (Å²) in [5.41, 5.74) is 14.4. The molecule has 2 aliphatic rings. The van der Waals surface area contributed by atoms with E-state index in [0.29, 0.717) is 28.8 Å². The Hall–Kier alpha value is -3.59. The van der Waals surface area contributed by atoms with Gasteiger partial charge in [-0.25, -0.2) is 4.98 Å². The van der Waals surface area contributed by atoms with Crippen molar-refractivity contribution in [3.63, 3.8) is 0 Å². The maximum absolute atomic E-state index is 12.4. The SMILES string of the molecule is C=CC(=O)N1C[Si](n2nc(C#Cc3cc4nc(C)n(C5CC5)c4cc3Cl)c(C(N)=O)c2N)C[C@@H]1C(C)O. The van der Waals surface area contributed by atoms with Gasteiger partial charge in [-0.15, -0.1) is 0 Å². The number of aromatic nitrogens is 4. The standard InChI is InChI=1S/C25H27ClN7O3Si/c1-4-22(35)31-12-37(11-21(31)13(2)34)33-24(27)23(25(28)36)18(30-33)8-5-15-9-19-20(10-17(15)26)32(14(3)29-19)16-6-7-16/h4,9-10,13,16,21,34H,1,6-7,11-12,27H2,2-3H3,(H2,28,36)/t13?,21-/m1/s1. The van der Waals surface area contributed by atoms with Crippen LogP contribution in [0.4, 0.5) is 5.82 Å². The number of aryl methyl sites for hydroxylation is 1. The predicted octanol–water partition coefficient (Wildman–Crippen LogP) is 1.77. The van der Waals surface area contributed by atoms with Crippen LogP contribution in [0.2, 0.25) is 11.1 Å². The summed E-state index contributed by atoms with van der Waals surface area (Å²) in [7, 11) is -1.61. The van der Waals surface area contributed by atoms with Gasteiger partial charge in [0, 0.05) is 17.8 Å². The number of halogens is 1. The highest BCUT2D eigenvalue weighted by molar-refractivity contribution is 6.59. The van der Waals surface area contributed by atoms with E-state index in [1.54, 1.807) is 16.2 Å². The van der Waals surface area contributed by atoms with Gasteiger partial charge in [-0.1, -0.05) is 24.1 Å². The second kappa shape index (κ2) is 9.37. The summed E-state index contributed by atoms with van der Waals surface area (Å²) in [6, 6.07) is 4.25. The van der Waals surface area contributed by atoms with E-state index in [9.17, 15) is 14.7 Å². The Kier molecular flexibility index (Phi) is 6.35. The van der Waals surface area contributed by atoms with Crippen LogP contribution in [-0.4, -0.2) is 68.1 Å². The number of amides is 2. The van der Waals surface area contributed by atoms with Crippen molar-refractivity contribution < 1.29 is 14.7 Å². The molecule has 2 atom stereocenters. The zero-order chi connectivity index (χ0) is 26.6. The van der Waals surface area contributed by atoms with E-state index < -0.39 is 27.0 Å². The number of aliphatic hydroxyl groups excluding tert-OH is 1. The largest absolute Gasteiger partial charge is 0.391 e. The molecule has 1 unspecified atom stereocenters. The van der Waals surface area contributed by atoms with E-state index in [2.05, 4.69) is 33.1 Å². The molecule has 3 heterocycles. The monoisotopic (exact) mass is 536 g/mol. The number of primary amides is 1. The lowest BCUT2D eigenvalue weighted by molar-refractivity contribution is -0.128. The van der Waals surface area contributed by atoms with Gasteiger partial charge in [0.15, 0.2) is 0 Å². The second-order valence-corrected chi connectivity index (χ2v) is 12.2. The highest BCUT2D eigenvalue weighted by atomic mass is 35.5. The highest BCUT2D eigenvalue weighted by Gasteiger charge is 2.41. The Morgan fingerprint density at radius 2 is 2.08 bits per heavy atom. The fourth-order valence-electron chi connectivity index (χ4n) is 4.93. The number of benzene rings is 1. The van der Waals surface area contributed by atoms with Crippen molar-refractivity contribution in [1.82, 2.24) is 23.9 Å². The number of hydrogen-bond acceptors (Lipinski definition) is 6. The van der Waals surface area contributed by atoms with Crippen molar-refractivity contribution >= 4 is 49.2 Å². The average molecular weight is 537 g/mol. The van der Waals surface area contributed by atoms with Gasteiger partial charge in [0.1, 0.15) is 22.9 Å². The van der Waals surface area contributed by atoms with Gasteiger partial charge >= 0.3 is 0 Å². The van der Waals surface area contributed by atoms with E-state index >= 15 is 0 Å². The van der Waals surface area contributed by atoms with Gasteiger partial charge in [0.25, 0.3) is 5.91 Å². The number of aliphatic hydroxyl groups is 1. The molecule has 191 valence electrons. The van der Waals surface area contributed by atoms with Gasteiger partial charge < -0.3 is 26.0 Å². The summed E-state index contributed by atoms with van der Waals surface area (Å²) in [4.78, 5) is 30.9. The summed E-state index contributed by atoms with van der Waals surface area (Å²) >= 11 is 6.57. The minimum absolute atomic E-state index is 0.0261. The fraction of sp³-hybridized carbons (Fsp3) is 0.360. The van der Waals surface area contributed by atoms with Crippen LogP contribution in [0.25, 0.3) is 11.0 Å². The Bertz CT molecular complexity index is 1510. The topological polar surface area (TPSA) is 145 Å². The van der Waals surface area contributed by atoms with Crippen LogP contribution >= 0.6 is 11.6 Å². The van der Waals surface area contributed by atoms with E-state index in [0.717, 1.165) is 29.7 Å². The second-order valence-electron chi connectivity index (χ2n) is 9.46. The fourth-order valence-corrected chi connectivity index (χ4v) is 8.09. The summed E-state index contributed by atoms with van der Waals surface area (Å²) < 4.78 is 3.77. The molecule has 1 aliphatic heterocycles. The molecule has 1 saturated carbocycles. The predicted molar refractivity (Wildman–Crippen MR) is 142 cm³/mol.